The summed E-state index contributed by atoms with van der Waals surface area (Å²) >= 11 is 0. The van der Waals surface area contributed by atoms with Crippen LogP contribution in [-0.2, 0) is 9.53 Å². The van der Waals surface area contributed by atoms with Crippen LogP contribution in [-0.4, -0.2) is 56.7 Å². The Hall–Kier alpha value is -2.20. The van der Waals surface area contributed by atoms with Crippen molar-refractivity contribution in [2.75, 3.05) is 39.9 Å². The number of rotatable bonds is 6. The number of carbonyl (C=O) groups excluding carboxylic acids is 1. The lowest BCUT2D eigenvalue weighted by molar-refractivity contribution is -0.136. The van der Waals surface area contributed by atoms with Gasteiger partial charge >= 0.3 is 0 Å². The van der Waals surface area contributed by atoms with Gasteiger partial charge < -0.3 is 20.3 Å². The van der Waals surface area contributed by atoms with E-state index in [2.05, 4.69) is 15.6 Å². The average Bonchev–Trinajstić information content (AvgIpc) is 2.81. The number of aliphatic imine (C=N–C) groups is 1. The highest BCUT2D eigenvalue weighted by atomic mass is 127. The Morgan fingerprint density at radius 1 is 1.16 bits per heavy atom. The standard InChI is InChI=1S/C24H31FN4O2.HI/c1-17-9-10-20(15-22(17)25)18(2)28-24(26-3)27-16-21(19-7-5-4-6-8-19)23(30)29-11-13-31-14-12-29;/h4-10,15,18,21H,11-14,16H2,1-3H3,(H2,26,27,28);1H. The first-order valence-corrected chi connectivity index (χ1v) is 10.6. The first-order valence-electron chi connectivity index (χ1n) is 10.6. The second kappa shape index (κ2) is 12.7. The minimum atomic E-state index is -0.343. The quantitative estimate of drug-likeness (QED) is 0.326. The van der Waals surface area contributed by atoms with Gasteiger partial charge in [0.15, 0.2) is 5.96 Å². The molecule has 2 aromatic carbocycles. The van der Waals surface area contributed by atoms with E-state index in [0.717, 1.165) is 11.1 Å². The van der Waals surface area contributed by atoms with Crippen molar-refractivity contribution >= 4 is 35.8 Å². The molecule has 6 nitrogen and oxygen atoms in total. The molecule has 3 rings (SSSR count). The van der Waals surface area contributed by atoms with Crippen molar-refractivity contribution in [1.82, 2.24) is 15.5 Å². The Kier molecular flexibility index (Phi) is 10.4. The van der Waals surface area contributed by atoms with E-state index in [4.69, 9.17) is 4.74 Å². The molecule has 0 saturated carbocycles. The van der Waals surface area contributed by atoms with Gasteiger partial charge in [0.05, 0.1) is 25.2 Å². The third kappa shape index (κ3) is 6.90. The highest BCUT2D eigenvalue weighted by molar-refractivity contribution is 14.0. The number of benzene rings is 2. The maximum absolute atomic E-state index is 13.9. The van der Waals surface area contributed by atoms with Crippen molar-refractivity contribution in [1.29, 1.82) is 0 Å². The topological polar surface area (TPSA) is 66.0 Å². The minimum Gasteiger partial charge on any atom is -0.378 e. The molecular formula is C24H32FIN4O2. The number of ether oxygens (including phenoxy) is 1. The molecule has 1 aliphatic heterocycles. The van der Waals surface area contributed by atoms with E-state index >= 15 is 0 Å². The molecule has 0 bridgehead atoms. The first-order chi connectivity index (χ1) is 15.0. The lowest BCUT2D eigenvalue weighted by atomic mass is 9.97. The number of halogens is 2. The summed E-state index contributed by atoms with van der Waals surface area (Å²) in [5.41, 5.74) is 2.40. The molecule has 32 heavy (non-hydrogen) atoms. The number of carbonyl (C=O) groups is 1. The molecule has 2 N–H and O–H groups in total. The molecule has 2 unspecified atom stereocenters. The van der Waals surface area contributed by atoms with Crippen LogP contribution in [0.4, 0.5) is 4.39 Å². The third-order valence-corrected chi connectivity index (χ3v) is 5.57. The molecule has 0 spiro atoms. The van der Waals surface area contributed by atoms with Crippen LogP contribution in [0.3, 0.4) is 0 Å². The SMILES string of the molecule is CN=C(NCC(C(=O)N1CCOCC1)c1ccccc1)NC(C)c1ccc(C)c(F)c1.I. The number of guanidine groups is 1. The van der Waals surface area contributed by atoms with E-state index in [1.54, 1.807) is 20.0 Å². The van der Waals surface area contributed by atoms with Gasteiger partial charge in [-0.1, -0.05) is 42.5 Å². The van der Waals surface area contributed by atoms with Gasteiger partial charge in [0.1, 0.15) is 5.82 Å². The Labute approximate surface area is 206 Å². The molecule has 0 aromatic heterocycles. The van der Waals surface area contributed by atoms with Gasteiger partial charge in [-0.25, -0.2) is 4.39 Å². The van der Waals surface area contributed by atoms with Crippen LogP contribution in [0.1, 0.15) is 35.6 Å². The molecule has 2 atom stereocenters. The third-order valence-electron chi connectivity index (χ3n) is 5.57. The zero-order valence-electron chi connectivity index (χ0n) is 18.8. The molecule has 1 saturated heterocycles. The first kappa shape index (κ1) is 26.1. The molecular weight excluding hydrogens is 522 g/mol. The largest absolute Gasteiger partial charge is 0.378 e. The monoisotopic (exact) mass is 554 g/mol. The summed E-state index contributed by atoms with van der Waals surface area (Å²) < 4.78 is 19.3. The maximum atomic E-state index is 13.9. The van der Waals surface area contributed by atoms with Crippen molar-refractivity contribution in [2.24, 2.45) is 4.99 Å². The summed E-state index contributed by atoms with van der Waals surface area (Å²) in [7, 11) is 1.68. The smallest absolute Gasteiger partial charge is 0.232 e. The molecule has 8 heteroatoms. The van der Waals surface area contributed by atoms with Gasteiger partial charge in [0.2, 0.25) is 5.91 Å². The average molecular weight is 554 g/mol. The maximum Gasteiger partial charge on any atom is 0.232 e. The fraction of sp³-hybridized carbons (Fsp3) is 0.417. The number of nitrogens with zero attached hydrogens (tertiary/aromatic N) is 2. The number of hydrogen-bond donors (Lipinski definition) is 2. The van der Waals surface area contributed by atoms with Gasteiger partial charge in [0.25, 0.3) is 0 Å². The minimum absolute atomic E-state index is 0. The number of nitrogens with one attached hydrogen (secondary N) is 2. The van der Waals surface area contributed by atoms with Gasteiger partial charge in [-0.15, -0.1) is 24.0 Å². The summed E-state index contributed by atoms with van der Waals surface area (Å²) in [5.74, 6) is 0.0645. The van der Waals surface area contributed by atoms with Gasteiger partial charge in [-0.3, -0.25) is 9.79 Å². The Bertz CT molecular complexity index is 904. The highest BCUT2D eigenvalue weighted by Gasteiger charge is 2.27. The summed E-state index contributed by atoms with van der Waals surface area (Å²) in [5, 5.41) is 6.56. The zero-order valence-corrected chi connectivity index (χ0v) is 21.1. The Balaban J connectivity index is 0.00000363. The molecule has 1 heterocycles. The van der Waals surface area contributed by atoms with Crippen LogP contribution in [0.15, 0.2) is 53.5 Å². The van der Waals surface area contributed by atoms with Gasteiger partial charge in [0, 0.05) is 26.7 Å². The molecule has 2 aromatic rings. The van der Waals surface area contributed by atoms with Crippen molar-refractivity contribution in [3.05, 3.63) is 71.0 Å². The van der Waals surface area contributed by atoms with E-state index in [-0.39, 0.29) is 47.7 Å². The lowest BCUT2D eigenvalue weighted by Crippen LogP contribution is -2.47. The van der Waals surface area contributed by atoms with Crippen LogP contribution >= 0.6 is 24.0 Å². The van der Waals surface area contributed by atoms with E-state index < -0.39 is 0 Å². The summed E-state index contributed by atoms with van der Waals surface area (Å²) in [6.45, 7) is 6.42. The Morgan fingerprint density at radius 3 is 2.47 bits per heavy atom. The molecule has 1 fully saturated rings. The molecule has 174 valence electrons. The van der Waals surface area contributed by atoms with Gasteiger partial charge in [-0.05, 0) is 36.6 Å². The van der Waals surface area contributed by atoms with Crippen LogP contribution in [0, 0.1) is 12.7 Å². The summed E-state index contributed by atoms with van der Waals surface area (Å²) in [6, 6.07) is 14.8. The van der Waals surface area contributed by atoms with E-state index in [0.29, 0.717) is 44.4 Å². The molecule has 0 aliphatic carbocycles. The fourth-order valence-electron chi connectivity index (χ4n) is 3.60. The molecule has 1 aliphatic rings. The lowest BCUT2D eigenvalue weighted by Gasteiger charge is -2.31. The van der Waals surface area contributed by atoms with E-state index in [1.807, 2.05) is 48.2 Å². The molecule has 0 radical (unpaired) electrons. The fourth-order valence-corrected chi connectivity index (χ4v) is 3.60. The predicted octanol–water partition coefficient (Wildman–Crippen LogP) is 3.62. The second-order valence-corrected chi connectivity index (χ2v) is 7.73. The van der Waals surface area contributed by atoms with Crippen LogP contribution in [0.2, 0.25) is 0 Å². The van der Waals surface area contributed by atoms with Crippen molar-refractivity contribution < 1.29 is 13.9 Å². The Morgan fingerprint density at radius 2 is 1.84 bits per heavy atom. The number of hydrogen-bond acceptors (Lipinski definition) is 3. The number of morpholine rings is 1. The molecule has 1 amide bonds. The van der Waals surface area contributed by atoms with Gasteiger partial charge in [-0.2, -0.15) is 0 Å². The summed E-state index contributed by atoms with van der Waals surface area (Å²) in [6.07, 6.45) is 0. The van der Waals surface area contributed by atoms with Crippen molar-refractivity contribution in [3.8, 4) is 0 Å². The normalized spacial score (nSPS) is 16.0. The highest BCUT2D eigenvalue weighted by Crippen LogP contribution is 2.19. The summed E-state index contributed by atoms with van der Waals surface area (Å²) in [4.78, 5) is 19.4. The van der Waals surface area contributed by atoms with Crippen LogP contribution in [0.5, 0.6) is 0 Å². The predicted molar refractivity (Wildman–Crippen MR) is 136 cm³/mol. The van der Waals surface area contributed by atoms with E-state index in [1.165, 1.54) is 6.07 Å². The van der Waals surface area contributed by atoms with E-state index in [9.17, 15) is 9.18 Å². The van der Waals surface area contributed by atoms with Crippen molar-refractivity contribution in [3.63, 3.8) is 0 Å². The number of amides is 1. The van der Waals surface area contributed by atoms with Crippen LogP contribution < -0.4 is 10.6 Å². The van der Waals surface area contributed by atoms with Crippen LogP contribution in [0.25, 0.3) is 0 Å². The second-order valence-electron chi connectivity index (χ2n) is 7.73. The zero-order chi connectivity index (χ0) is 22.2. The van der Waals surface area contributed by atoms with Crippen molar-refractivity contribution in [2.45, 2.75) is 25.8 Å². The number of aryl methyl sites for hydroxylation is 1.